The molecule has 2 rings (SSSR count). The smallest absolute Gasteiger partial charge is 0.355 e. The van der Waals surface area contributed by atoms with Crippen LogP contribution in [0.25, 0.3) is 0 Å². The van der Waals surface area contributed by atoms with Gasteiger partial charge in [0.25, 0.3) is 5.91 Å². The van der Waals surface area contributed by atoms with Crippen molar-refractivity contribution in [1.82, 2.24) is 9.47 Å². The molecule has 2 aromatic rings. The third-order valence-corrected chi connectivity index (χ3v) is 5.37. The summed E-state index contributed by atoms with van der Waals surface area (Å²) in [6.45, 7) is 8.28. The van der Waals surface area contributed by atoms with Gasteiger partial charge in [0, 0.05) is 44.1 Å². The molecular formula is C24H32N2O5. The van der Waals surface area contributed by atoms with E-state index in [1.165, 1.54) is 0 Å². The zero-order valence-corrected chi connectivity index (χ0v) is 19.3. The Morgan fingerprint density at radius 3 is 2.29 bits per heavy atom. The van der Waals surface area contributed by atoms with Crippen molar-refractivity contribution in [2.75, 3.05) is 33.4 Å². The van der Waals surface area contributed by atoms with Gasteiger partial charge in [-0.05, 0) is 51.8 Å². The highest BCUT2D eigenvalue weighted by atomic mass is 16.5. The monoisotopic (exact) mass is 428 g/mol. The van der Waals surface area contributed by atoms with Crippen LogP contribution in [0.15, 0.2) is 24.3 Å². The Morgan fingerprint density at radius 1 is 1.06 bits per heavy atom. The summed E-state index contributed by atoms with van der Waals surface area (Å²) in [6.07, 6.45) is 0.613. The van der Waals surface area contributed by atoms with Gasteiger partial charge in [-0.2, -0.15) is 0 Å². The second-order valence-electron chi connectivity index (χ2n) is 7.58. The number of aromatic nitrogens is 1. The average Bonchev–Trinajstić information content (AvgIpc) is 2.96. The number of methoxy groups -OCH3 is 1. The topological polar surface area (TPSA) is 77.8 Å². The van der Waals surface area contributed by atoms with Crippen LogP contribution in [-0.4, -0.2) is 60.5 Å². The minimum Gasteiger partial charge on any atom is -0.461 e. The van der Waals surface area contributed by atoms with Gasteiger partial charge in [-0.3, -0.25) is 9.59 Å². The van der Waals surface area contributed by atoms with Crippen molar-refractivity contribution in [3.05, 3.63) is 57.9 Å². The molecule has 1 aromatic heterocycles. The largest absolute Gasteiger partial charge is 0.461 e. The van der Waals surface area contributed by atoms with Crippen LogP contribution in [0.2, 0.25) is 0 Å². The van der Waals surface area contributed by atoms with Crippen LogP contribution in [0, 0.1) is 20.8 Å². The Labute approximate surface area is 183 Å². The second kappa shape index (κ2) is 10.9. The number of hydrogen-bond donors (Lipinski definition) is 0. The van der Waals surface area contributed by atoms with Crippen LogP contribution in [0.5, 0.6) is 0 Å². The van der Waals surface area contributed by atoms with Crippen molar-refractivity contribution in [1.29, 1.82) is 0 Å². The highest BCUT2D eigenvalue weighted by molar-refractivity contribution is 6.06. The van der Waals surface area contributed by atoms with Crippen molar-refractivity contribution >= 4 is 17.7 Å². The molecule has 0 aliphatic rings. The van der Waals surface area contributed by atoms with E-state index in [4.69, 9.17) is 9.47 Å². The summed E-state index contributed by atoms with van der Waals surface area (Å²) in [7, 11) is 3.34. The third kappa shape index (κ3) is 5.61. The van der Waals surface area contributed by atoms with E-state index in [1.807, 2.05) is 19.1 Å². The molecule has 0 aliphatic carbocycles. The first-order valence-corrected chi connectivity index (χ1v) is 10.4. The first-order chi connectivity index (χ1) is 14.7. The van der Waals surface area contributed by atoms with E-state index in [0.717, 1.165) is 5.56 Å². The molecule has 0 spiro atoms. The quantitative estimate of drug-likeness (QED) is 0.329. The molecule has 7 heteroatoms. The Balaban J connectivity index is 2.33. The molecule has 0 N–H and O–H groups in total. The van der Waals surface area contributed by atoms with Crippen molar-refractivity contribution in [3.8, 4) is 0 Å². The summed E-state index contributed by atoms with van der Waals surface area (Å²) in [4.78, 5) is 40.3. The first-order valence-electron chi connectivity index (χ1n) is 10.4. The van der Waals surface area contributed by atoms with Gasteiger partial charge >= 0.3 is 5.97 Å². The normalized spacial score (nSPS) is 10.8. The molecule has 0 unspecified atom stereocenters. The van der Waals surface area contributed by atoms with E-state index in [-0.39, 0.29) is 24.8 Å². The van der Waals surface area contributed by atoms with Gasteiger partial charge in [-0.1, -0.05) is 17.7 Å². The van der Waals surface area contributed by atoms with Gasteiger partial charge in [-0.25, -0.2) is 4.79 Å². The van der Waals surface area contributed by atoms with E-state index in [2.05, 4.69) is 0 Å². The molecule has 1 heterocycles. The molecule has 0 saturated carbocycles. The summed E-state index contributed by atoms with van der Waals surface area (Å²) < 4.78 is 11.9. The van der Waals surface area contributed by atoms with E-state index in [0.29, 0.717) is 47.7 Å². The Morgan fingerprint density at radius 2 is 1.71 bits per heavy atom. The summed E-state index contributed by atoms with van der Waals surface area (Å²) in [6, 6.07) is 7.28. The molecule has 0 fully saturated rings. The second-order valence-corrected chi connectivity index (χ2v) is 7.58. The maximum absolute atomic E-state index is 13.3. The van der Waals surface area contributed by atoms with E-state index in [1.54, 1.807) is 56.5 Å². The van der Waals surface area contributed by atoms with Crippen LogP contribution in [0.1, 0.15) is 61.4 Å². The fraction of sp³-hybridized carbons (Fsp3) is 0.458. The lowest BCUT2D eigenvalue weighted by Gasteiger charge is -2.22. The standard InChI is InChI=1S/C24H32N2O5/c1-7-31-24(29)22-17(3)21(18(4)25(22)5)20(27)15-26(13-8-14-30-6)23(28)19-11-9-16(2)10-12-19/h9-12H,7-8,13-15H2,1-6H3. The molecule has 0 bridgehead atoms. The number of nitrogens with zero attached hydrogens (tertiary/aromatic N) is 2. The maximum Gasteiger partial charge on any atom is 0.355 e. The SMILES string of the molecule is CCOC(=O)c1c(C)c(C(=O)CN(CCCOC)C(=O)c2ccc(C)cc2)c(C)n1C. The molecule has 0 radical (unpaired) electrons. The van der Waals surface area contributed by atoms with Gasteiger partial charge in [0.05, 0.1) is 13.2 Å². The first kappa shape index (κ1) is 24.3. The Hall–Kier alpha value is -2.93. The van der Waals surface area contributed by atoms with E-state index < -0.39 is 5.97 Å². The highest BCUT2D eigenvalue weighted by Gasteiger charge is 2.28. The molecule has 0 atom stereocenters. The molecule has 168 valence electrons. The number of carbonyl (C=O) groups excluding carboxylic acids is 3. The van der Waals surface area contributed by atoms with Gasteiger partial charge < -0.3 is 18.9 Å². The summed E-state index contributed by atoms with van der Waals surface area (Å²) in [5.41, 5.74) is 3.65. The number of aryl methyl sites for hydroxylation is 1. The number of benzene rings is 1. The molecule has 1 amide bonds. The zero-order valence-electron chi connectivity index (χ0n) is 19.3. The number of ether oxygens (including phenoxy) is 2. The number of amides is 1. The van der Waals surface area contributed by atoms with Gasteiger partial charge in [0.2, 0.25) is 0 Å². The number of Topliss-reactive ketones (excluding diaryl/α,β-unsaturated/α-hetero) is 1. The van der Waals surface area contributed by atoms with Crippen LogP contribution in [-0.2, 0) is 16.5 Å². The predicted molar refractivity (Wildman–Crippen MR) is 119 cm³/mol. The van der Waals surface area contributed by atoms with Gasteiger partial charge in [0.1, 0.15) is 5.69 Å². The number of ketones is 1. The number of carbonyl (C=O) groups is 3. The number of rotatable bonds is 10. The average molecular weight is 429 g/mol. The Kier molecular flexibility index (Phi) is 8.56. The lowest BCUT2D eigenvalue weighted by Crippen LogP contribution is -2.37. The lowest BCUT2D eigenvalue weighted by atomic mass is 10.0. The molecule has 0 aliphatic heterocycles. The van der Waals surface area contributed by atoms with Crippen LogP contribution >= 0.6 is 0 Å². The lowest BCUT2D eigenvalue weighted by molar-refractivity contribution is 0.0514. The fourth-order valence-electron chi connectivity index (χ4n) is 3.66. The van der Waals surface area contributed by atoms with Crippen LogP contribution < -0.4 is 0 Å². The van der Waals surface area contributed by atoms with E-state index >= 15 is 0 Å². The predicted octanol–water partition coefficient (Wildman–Crippen LogP) is 3.49. The number of esters is 1. The van der Waals surface area contributed by atoms with E-state index in [9.17, 15) is 14.4 Å². The number of hydrogen-bond acceptors (Lipinski definition) is 5. The summed E-state index contributed by atoms with van der Waals surface area (Å²) in [5.74, 6) is -0.877. The zero-order chi connectivity index (χ0) is 23.1. The maximum atomic E-state index is 13.3. The molecule has 31 heavy (non-hydrogen) atoms. The summed E-state index contributed by atoms with van der Waals surface area (Å²) in [5, 5.41) is 0. The van der Waals surface area contributed by atoms with Gasteiger partial charge in [0.15, 0.2) is 5.78 Å². The molecule has 7 nitrogen and oxygen atoms in total. The molecular weight excluding hydrogens is 396 g/mol. The van der Waals surface area contributed by atoms with Crippen LogP contribution in [0.4, 0.5) is 0 Å². The Bertz CT molecular complexity index is 944. The van der Waals surface area contributed by atoms with Crippen molar-refractivity contribution < 1.29 is 23.9 Å². The van der Waals surface area contributed by atoms with Crippen molar-refractivity contribution in [2.45, 2.75) is 34.1 Å². The van der Waals surface area contributed by atoms with Crippen LogP contribution in [0.3, 0.4) is 0 Å². The summed E-state index contributed by atoms with van der Waals surface area (Å²) >= 11 is 0. The van der Waals surface area contributed by atoms with Crippen molar-refractivity contribution in [2.24, 2.45) is 7.05 Å². The molecule has 1 aromatic carbocycles. The fourth-order valence-corrected chi connectivity index (χ4v) is 3.66. The van der Waals surface area contributed by atoms with Gasteiger partial charge in [-0.15, -0.1) is 0 Å². The third-order valence-electron chi connectivity index (χ3n) is 5.37. The molecule has 0 saturated heterocycles. The minimum absolute atomic E-state index is 0.0790. The minimum atomic E-state index is -0.461. The highest BCUT2D eigenvalue weighted by Crippen LogP contribution is 2.23. The van der Waals surface area contributed by atoms with Crippen molar-refractivity contribution in [3.63, 3.8) is 0 Å².